The van der Waals surface area contributed by atoms with Crippen LogP contribution in [0.1, 0.15) is 226 Å². The predicted molar refractivity (Wildman–Crippen MR) is 253 cm³/mol. The van der Waals surface area contributed by atoms with Crippen LogP contribution in [-0.2, 0) is 4.79 Å². The quantitative estimate of drug-likeness (QED) is 0.0425. The number of nitrogens with one attached hydrogen (secondary N) is 1. The molecular formula is C53H93NO3. The van der Waals surface area contributed by atoms with Gasteiger partial charge in [-0.25, -0.2) is 0 Å². The third-order valence-corrected chi connectivity index (χ3v) is 10.6. The molecule has 0 aliphatic carbocycles. The molecule has 4 nitrogen and oxygen atoms in total. The molecule has 2 unspecified atom stereocenters. The van der Waals surface area contributed by atoms with Crippen molar-refractivity contribution in [3.8, 4) is 0 Å². The van der Waals surface area contributed by atoms with Gasteiger partial charge in [0.25, 0.3) is 0 Å². The van der Waals surface area contributed by atoms with E-state index in [1.54, 1.807) is 6.08 Å². The van der Waals surface area contributed by atoms with Gasteiger partial charge in [-0.2, -0.15) is 0 Å². The molecule has 0 aliphatic rings. The number of hydrogen-bond acceptors (Lipinski definition) is 3. The van der Waals surface area contributed by atoms with Gasteiger partial charge in [-0.1, -0.05) is 227 Å². The van der Waals surface area contributed by atoms with Gasteiger partial charge in [0.15, 0.2) is 0 Å². The highest BCUT2D eigenvalue weighted by Gasteiger charge is 2.17. The molecule has 0 rings (SSSR count). The van der Waals surface area contributed by atoms with Gasteiger partial charge in [-0.3, -0.25) is 4.79 Å². The maximum absolute atomic E-state index is 12.4. The van der Waals surface area contributed by atoms with Crippen molar-refractivity contribution in [2.75, 3.05) is 6.61 Å². The van der Waals surface area contributed by atoms with Gasteiger partial charge in [0.2, 0.25) is 5.91 Å². The van der Waals surface area contributed by atoms with Crippen LogP contribution in [0.2, 0.25) is 0 Å². The summed E-state index contributed by atoms with van der Waals surface area (Å²) in [5.74, 6) is -0.107. The molecule has 0 aromatic rings. The lowest BCUT2D eigenvalue weighted by Crippen LogP contribution is -2.45. The van der Waals surface area contributed by atoms with E-state index in [0.717, 1.165) is 77.0 Å². The molecule has 0 saturated carbocycles. The second kappa shape index (κ2) is 47.9. The molecule has 4 heteroatoms. The molecule has 1 amide bonds. The minimum absolute atomic E-state index is 0.107. The number of unbranched alkanes of at least 4 members (excludes halogenated alkanes) is 24. The number of rotatable bonds is 43. The number of aliphatic hydroxyl groups is 2. The van der Waals surface area contributed by atoms with Gasteiger partial charge in [-0.15, -0.1) is 0 Å². The molecule has 0 saturated heterocycles. The summed E-state index contributed by atoms with van der Waals surface area (Å²) in [6.45, 7) is 4.17. The summed E-state index contributed by atoms with van der Waals surface area (Å²) in [6, 6.07) is -0.662. The normalized spacial score (nSPS) is 13.7. The molecule has 0 heterocycles. The lowest BCUT2D eigenvalue weighted by Gasteiger charge is -2.19. The molecule has 0 aromatic carbocycles. The predicted octanol–water partition coefficient (Wildman–Crippen LogP) is 15.6. The summed E-state index contributed by atoms with van der Waals surface area (Å²) in [4.78, 5) is 12.4. The highest BCUT2D eigenvalue weighted by Crippen LogP contribution is 2.15. The molecule has 3 N–H and O–H groups in total. The average Bonchev–Trinajstić information content (AvgIpc) is 3.22. The van der Waals surface area contributed by atoms with Crippen LogP contribution < -0.4 is 5.32 Å². The molecule has 328 valence electrons. The Kier molecular flexibility index (Phi) is 45.9. The maximum Gasteiger partial charge on any atom is 0.220 e. The van der Waals surface area contributed by atoms with Crippen molar-refractivity contribution >= 4 is 5.91 Å². The lowest BCUT2D eigenvalue weighted by molar-refractivity contribution is -0.123. The van der Waals surface area contributed by atoms with Crippen molar-refractivity contribution in [3.05, 3.63) is 85.1 Å². The van der Waals surface area contributed by atoms with Crippen molar-refractivity contribution in [1.29, 1.82) is 0 Å². The van der Waals surface area contributed by atoms with Crippen molar-refractivity contribution in [3.63, 3.8) is 0 Å². The first-order chi connectivity index (χ1) is 28.2. The monoisotopic (exact) mass is 792 g/mol. The Morgan fingerprint density at radius 3 is 1.23 bits per heavy atom. The Labute approximate surface area is 354 Å². The highest BCUT2D eigenvalue weighted by atomic mass is 16.3. The van der Waals surface area contributed by atoms with Crippen LogP contribution in [0.4, 0.5) is 0 Å². The van der Waals surface area contributed by atoms with E-state index in [2.05, 4.69) is 92.1 Å². The van der Waals surface area contributed by atoms with Gasteiger partial charge in [0.05, 0.1) is 18.8 Å². The Morgan fingerprint density at radius 1 is 0.439 bits per heavy atom. The number of carbonyl (C=O) groups is 1. The Morgan fingerprint density at radius 2 is 0.789 bits per heavy atom. The first kappa shape index (κ1) is 54.6. The van der Waals surface area contributed by atoms with Gasteiger partial charge in [-0.05, 0) is 77.0 Å². The van der Waals surface area contributed by atoms with Crippen LogP contribution in [0.15, 0.2) is 85.1 Å². The summed E-state index contributed by atoms with van der Waals surface area (Å²) in [7, 11) is 0. The van der Waals surface area contributed by atoms with Crippen LogP contribution in [0.25, 0.3) is 0 Å². The minimum Gasteiger partial charge on any atom is -0.394 e. The fraction of sp³-hybridized carbons (Fsp3) is 0.717. The zero-order valence-electron chi connectivity index (χ0n) is 37.6. The third-order valence-electron chi connectivity index (χ3n) is 10.6. The van der Waals surface area contributed by atoms with E-state index >= 15 is 0 Å². The van der Waals surface area contributed by atoms with E-state index in [-0.39, 0.29) is 12.5 Å². The number of aliphatic hydroxyl groups excluding tert-OH is 2. The standard InChI is InChI=1S/C53H93NO3/c1-3-5-7-9-11-13-15-17-19-21-23-24-25-26-27-28-29-31-32-34-36-38-40-42-44-46-48-52(56)51(50-55)54-53(57)49-47-45-43-41-39-37-35-33-30-22-20-18-16-14-12-10-8-6-4-2/h6,8,12,14,18,20,30,33,37-40,46,48,51-52,55-56H,3-5,7,9-11,13,15-17,19,21-29,31-32,34-36,41-45,47,49-50H2,1-2H3,(H,54,57)/b8-6-,14-12-,20-18-,33-30-,39-37-,40-38+,48-46+. The molecule has 0 radical (unpaired) electrons. The van der Waals surface area contributed by atoms with Crippen LogP contribution in [-0.4, -0.2) is 34.9 Å². The zero-order chi connectivity index (χ0) is 41.4. The lowest BCUT2D eigenvalue weighted by atomic mass is 10.0. The van der Waals surface area contributed by atoms with Crippen molar-refractivity contribution in [2.45, 2.75) is 238 Å². The Bertz CT molecular complexity index is 1030. The fourth-order valence-electron chi connectivity index (χ4n) is 6.93. The molecule has 0 bridgehead atoms. The van der Waals surface area contributed by atoms with Gasteiger partial charge in [0, 0.05) is 6.42 Å². The van der Waals surface area contributed by atoms with Crippen molar-refractivity contribution in [2.24, 2.45) is 0 Å². The first-order valence-electron chi connectivity index (χ1n) is 24.3. The molecular weight excluding hydrogens is 699 g/mol. The summed E-state index contributed by atoms with van der Waals surface area (Å²) in [5, 5.41) is 23.0. The molecule has 0 aliphatic heterocycles. The van der Waals surface area contributed by atoms with E-state index in [1.165, 1.54) is 128 Å². The topological polar surface area (TPSA) is 69.6 Å². The minimum atomic E-state index is -0.882. The SMILES string of the molecule is CC/C=C\C/C=C\C/C=C\C/C=C\C/C=C\CCCCCC(=O)NC(CO)C(O)/C=C/CC/C=C/CCCCCCCCCCCCCCCCCCCCCC. The first-order valence-corrected chi connectivity index (χ1v) is 24.3. The second-order valence-electron chi connectivity index (χ2n) is 16.1. The third kappa shape index (κ3) is 44.5. The maximum atomic E-state index is 12.4. The van der Waals surface area contributed by atoms with Crippen LogP contribution in [0.3, 0.4) is 0 Å². The summed E-state index contributed by atoms with van der Waals surface area (Å²) in [6.07, 6.45) is 70.0. The average molecular weight is 792 g/mol. The second-order valence-corrected chi connectivity index (χ2v) is 16.1. The van der Waals surface area contributed by atoms with E-state index in [1.807, 2.05) is 6.08 Å². The zero-order valence-corrected chi connectivity index (χ0v) is 37.6. The fourth-order valence-corrected chi connectivity index (χ4v) is 6.93. The Balaban J connectivity index is 3.65. The van der Waals surface area contributed by atoms with Crippen molar-refractivity contribution < 1.29 is 15.0 Å². The molecule has 0 fully saturated rings. The van der Waals surface area contributed by atoms with Crippen molar-refractivity contribution in [1.82, 2.24) is 5.32 Å². The number of amides is 1. The number of allylic oxidation sites excluding steroid dienone is 13. The van der Waals surface area contributed by atoms with Gasteiger partial charge < -0.3 is 15.5 Å². The molecule has 2 atom stereocenters. The Hall–Kier alpha value is -2.43. The highest BCUT2D eigenvalue weighted by molar-refractivity contribution is 5.76. The summed E-state index contributed by atoms with van der Waals surface area (Å²) in [5.41, 5.74) is 0. The molecule has 0 aromatic heterocycles. The van der Waals surface area contributed by atoms with Crippen LogP contribution in [0.5, 0.6) is 0 Å². The summed E-state index contributed by atoms with van der Waals surface area (Å²) < 4.78 is 0. The summed E-state index contributed by atoms with van der Waals surface area (Å²) >= 11 is 0. The molecule has 0 spiro atoms. The van der Waals surface area contributed by atoms with Gasteiger partial charge in [0.1, 0.15) is 0 Å². The molecule has 57 heavy (non-hydrogen) atoms. The van der Waals surface area contributed by atoms with E-state index in [9.17, 15) is 15.0 Å². The van der Waals surface area contributed by atoms with Gasteiger partial charge >= 0.3 is 0 Å². The smallest absolute Gasteiger partial charge is 0.220 e. The van der Waals surface area contributed by atoms with E-state index < -0.39 is 12.1 Å². The number of hydrogen-bond donors (Lipinski definition) is 3. The van der Waals surface area contributed by atoms with E-state index in [4.69, 9.17) is 0 Å². The van der Waals surface area contributed by atoms with Crippen LogP contribution in [0, 0.1) is 0 Å². The number of carbonyl (C=O) groups excluding carboxylic acids is 1. The van der Waals surface area contributed by atoms with E-state index in [0.29, 0.717) is 6.42 Å². The largest absolute Gasteiger partial charge is 0.394 e. The van der Waals surface area contributed by atoms with Crippen LogP contribution >= 0.6 is 0 Å².